The van der Waals surface area contributed by atoms with E-state index in [1.54, 1.807) is 6.33 Å². The van der Waals surface area contributed by atoms with E-state index < -0.39 is 0 Å². The number of nitrogens with zero attached hydrogens (tertiary/aromatic N) is 3. The van der Waals surface area contributed by atoms with Crippen LogP contribution in [0.4, 0.5) is 5.13 Å². The third kappa shape index (κ3) is 1.69. The number of rotatable bonds is 1. The second kappa shape index (κ2) is 3.58. The van der Waals surface area contributed by atoms with E-state index in [2.05, 4.69) is 14.3 Å². The molecule has 0 aromatic carbocycles. The van der Waals surface area contributed by atoms with E-state index in [4.69, 9.17) is 11.6 Å². The maximum absolute atomic E-state index is 5.98. The molecule has 0 atom stereocenters. The highest BCUT2D eigenvalue weighted by Gasteiger charge is 2.18. The summed E-state index contributed by atoms with van der Waals surface area (Å²) < 4.78 is 3.97. The Kier molecular flexibility index (Phi) is 2.46. The van der Waals surface area contributed by atoms with Crippen LogP contribution in [0, 0.1) is 0 Å². The maximum atomic E-state index is 5.98. The van der Waals surface area contributed by atoms with E-state index in [1.807, 2.05) is 0 Å². The highest BCUT2D eigenvalue weighted by molar-refractivity contribution is 7.09. The second-order valence-corrected chi connectivity index (χ2v) is 4.26. The summed E-state index contributed by atoms with van der Waals surface area (Å²) >= 11 is 7.44. The summed E-state index contributed by atoms with van der Waals surface area (Å²) in [6, 6.07) is 0. The van der Waals surface area contributed by atoms with Crippen molar-refractivity contribution in [3.05, 3.63) is 6.33 Å². The molecule has 1 aromatic rings. The maximum Gasteiger partial charge on any atom is 0.204 e. The molecule has 5 heteroatoms. The van der Waals surface area contributed by atoms with Gasteiger partial charge in [0.05, 0.1) is 0 Å². The number of piperidine rings is 1. The van der Waals surface area contributed by atoms with Gasteiger partial charge in [0.15, 0.2) is 0 Å². The van der Waals surface area contributed by atoms with Gasteiger partial charge in [0, 0.05) is 30.0 Å². The molecule has 2 rings (SSSR count). The molecule has 0 spiro atoms. The number of halogens is 1. The monoisotopic (exact) mass is 203 g/mol. The summed E-state index contributed by atoms with van der Waals surface area (Å²) in [4.78, 5) is 6.40. The van der Waals surface area contributed by atoms with Gasteiger partial charge in [-0.05, 0) is 12.8 Å². The summed E-state index contributed by atoms with van der Waals surface area (Å²) in [6.07, 6.45) is 3.72. The number of aromatic nitrogens is 2. The van der Waals surface area contributed by atoms with Crippen LogP contribution in [-0.2, 0) is 0 Å². The Morgan fingerprint density at radius 1 is 1.50 bits per heavy atom. The van der Waals surface area contributed by atoms with Crippen molar-refractivity contribution in [2.24, 2.45) is 0 Å². The third-order valence-corrected chi connectivity index (χ3v) is 3.21. The van der Waals surface area contributed by atoms with Gasteiger partial charge in [0.2, 0.25) is 5.13 Å². The van der Waals surface area contributed by atoms with Crippen LogP contribution < -0.4 is 4.90 Å². The van der Waals surface area contributed by atoms with Crippen molar-refractivity contribution in [2.45, 2.75) is 18.2 Å². The lowest BCUT2D eigenvalue weighted by molar-refractivity contribution is 0.584. The number of hydrogen-bond acceptors (Lipinski definition) is 4. The number of anilines is 1. The lowest BCUT2D eigenvalue weighted by Crippen LogP contribution is -2.33. The Morgan fingerprint density at radius 2 is 2.25 bits per heavy atom. The zero-order chi connectivity index (χ0) is 8.39. The molecule has 1 aliphatic rings. The molecule has 66 valence electrons. The fourth-order valence-corrected chi connectivity index (χ4v) is 2.12. The normalized spacial score (nSPS) is 19.9. The van der Waals surface area contributed by atoms with Crippen molar-refractivity contribution in [1.82, 2.24) is 9.36 Å². The van der Waals surface area contributed by atoms with Crippen molar-refractivity contribution in [1.29, 1.82) is 0 Å². The number of alkyl halides is 1. The lowest BCUT2D eigenvalue weighted by Gasteiger charge is -2.28. The first-order valence-corrected chi connectivity index (χ1v) is 5.23. The first-order chi connectivity index (χ1) is 5.86. The quantitative estimate of drug-likeness (QED) is 0.652. The van der Waals surface area contributed by atoms with Gasteiger partial charge in [0.1, 0.15) is 6.33 Å². The second-order valence-electron chi connectivity index (χ2n) is 2.89. The zero-order valence-corrected chi connectivity index (χ0v) is 8.18. The fraction of sp³-hybridized carbons (Fsp3) is 0.714. The van der Waals surface area contributed by atoms with Gasteiger partial charge in [0.25, 0.3) is 0 Å². The molecular weight excluding hydrogens is 194 g/mol. The van der Waals surface area contributed by atoms with E-state index in [1.165, 1.54) is 11.5 Å². The average Bonchev–Trinajstić information content (AvgIpc) is 2.58. The summed E-state index contributed by atoms with van der Waals surface area (Å²) in [5.74, 6) is 0. The Labute approximate surface area is 80.5 Å². The van der Waals surface area contributed by atoms with Gasteiger partial charge in [-0.2, -0.15) is 4.37 Å². The largest absolute Gasteiger partial charge is 0.347 e. The minimum Gasteiger partial charge on any atom is -0.347 e. The molecule has 3 nitrogen and oxygen atoms in total. The van der Waals surface area contributed by atoms with Crippen LogP contribution in [0.25, 0.3) is 0 Å². The molecule has 1 saturated heterocycles. The van der Waals surface area contributed by atoms with Crippen molar-refractivity contribution in [3.63, 3.8) is 0 Å². The van der Waals surface area contributed by atoms with Crippen molar-refractivity contribution < 1.29 is 0 Å². The topological polar surface area (TPSA) is 29.0 Å². The van der Waals surface area contributed by atoms with E-state index in [-0.39, 0.29) is 0 Å². The standard InChI is InChI=1S/C7H10ClN3S/c8-6-1-3-11(4-2-6)7-9-5-10-12-7/h5-6H,1-4H2. The van der Waals surface area contributed by atoms with Crippen molar-refractivity contribution in [2.75, 3.05) is 18.0 Å². The molecule has 2 heterocycles. The van der Waals surface area contributed by atoms with E-state index >= 15 is 0 Å². The van der Waals surface area contributed by atoms with Crippen LogP contribution >= 0.6 is 23.1 Å². The van der Waals surface area contributed by atoms with Crippen LogP contribution in [0.1, 0.15) is 12.8 Å². The Balaban J connectivity index is 1.99. The van der Waals surface area contributed by atoms with Crippen LogP contribution in [-0.4, -0.2) is 27.8 Å². The predicted molar refractivity (Wildman–Crippen MR) is 51.0 cm³/mol. The van der Waals surface area contributed by atoms with Crippen LogP contribution in [0.15, 0.2) is 6.33 Å². The minimum atomic E-state index is 0.356. The molecular formula is C7H10ClN3S. The first kappa shape index (κ1) is 8.26. The van der Waals surface area contributed by atoms with Gasteiger partial charge in [-0.25, -0.2) is 4.98 Å². The van der Waals surface area contributed by atoms with E-state index in [0.29, 0.717) is 5.38 Å². The summed E-state index contributed by atoms with van der Waals surface area (Å²) in [6.45, 7) is 2.03. The molecule has 12 heavy (non-hydrogen) atoms. The van der Waals surface area contributed by atoms with Crippen molar-refractivity contribution >= 4 is 28.3 Å². The Bertz CT molecular complexity index is 231. The SMILES string of the molecule is ClC1CCN(c2ncns2)CC1. The van der Waals surface area contributed by atoms with Crippen molar-refractivity contribution in [3.8, 4) is 0 Å². The van der Waals surface area contributed by atoms with Gasteiger partial charge in [-0.1, -0.05) is 0 Å². The molecule has 0 N–H and O–H groups in total. The van der Waals surface area contributed by atoms with Gasteiger partial charge < -0.3 is 4.90 Å². The fourth-order valence-electron chi connectivity index (χ4n) is 1.35. The molecule has 1 aromatic heterocycles. The van der Waals surface area contributed by atoms with Crippen LogP contribution in [0.2, 0.25) is 0 Å². The number of hydrogen-bond donors (Lipinski definition) is 0. The Hall–Kier alpha value is -0.350. The van der Waals surface area contributed by atoms with E-state index in [9.17, 15) is 0 Å². The highest BCUT2D eigenvalue weighted by atomic mass is 35.5. The average molecular weight is 204 g/mol. The molecule has 0 aliphatic carbocycles. The minimum absolute atomic E-state index is 0.356. The van der Waals surface area contributed by atoms with Crippen LogP contribution in [0.5, 0.6) is 0 Å². The van der Waals surface area contributed by atoms with Crippen LogP contribution in [0.3, 0.4) is 0 Å². The Morgan fingerprint density at radius 3 is 2.83 bits per heavy atom. The smallest absolute Gasteiger partial charge is 0.204 e. The molecule has 1 aliphatic heterocycles. The lowest BCUT2D eigenvalue weighted by atomic mass is 10.1. The first-order valence-electron chi connectivity index (χ1n) is 4.02. The molecule has 0 radical (unpaired) electrons. The molecule has 1 fully saturated rings. The zero-order valence-electron chi connectivity index (χ0n) is 6.61. The third-order valence-electron chi connectivity index (χ3n) is 2.04. The summed E-state index contributed by atoms with van der Waals surface area (Å²) in [5, 5.41) is 1.38. The molecule has 0 unspecified atom stereocenters. The summed E-state index contributed by atoms with van der Waals surface area (Å²) in [7, 11) is 0. The van der Waals surface area contributed by atoms with Gasteiger partial charge >= 0.3 is 0 Å². The molecule has 0 saturated carbocycles. The van der Waals surface area contributed by atoms with Gasteiger partial charge in [-0.3, -0.25) is 0 Å². The highest BCUT2D eigenvalue weighted by Crippen LogP contribution is 2.22. The van der Waals surface area contributed by atoms with Gasteiger partial charge in [-0.15, -0.1) is 11.6 Å². The predicted octanol–water partition coefficient (Wildman–Crippen LogP) is 1.75. The summed E-state index contributed by atoms with van der Waals surface area (Å²) in [5.41, 5.74) is 0. The molecule has 0 bridgehead atoms. The van der Waals surface area contributed by atoms with E-state index in [0.717, 1.165) is 31.1 Å². The molecule has 0 amide bonds.